The Balaban J connectivity index is 2.03. The summed E-state index contributed by atoms with van der Waals surface area (Å²) in [5.41, 5.74) is 0.896. The summed E-state index contributed by atoms with van der Waals surface area (Å²) in [6.45, 7) is 8.60. The van der Waals surface area contributed by atoms with Gasteiger partial charge in [0.25, 0.3) is 0 Å². The van der Waals surface area contributed by atoms with Crippen LogP contribution in [-0.2, 0) is 20.8 Å². The van der Waals surface area contributed by atoms with Crippen LogP contribution >= 0.6 is 0 Å². The first-order chi connectivity index (χ1) is 10.5. The molecular formula is C18H26O4. The van der Waals surface area contributed by atoms with E-state index in [9.17, 15) is 0 Å². The van der Waals surface area contributed by atoms with Crippen LogP contribution in [0.15, 0.2) is 36.9 Å². The van der Waals surface area contributed by atoms with E-state index in [4.69, 9.17) is 18.9 Å². The van der Waals surface area contributed by atoms with E-state index < -0.39 is 0 Å². The van der Waals surface area contributed by atoms with Crippen LogP contribution in [0.5, 0.6) is 5.75 Å². The number of benzene rings is 1. The van der Waals surface area contributed by atoms with E-state index in [0.29, 0.717) is 6.61 Å². The molecule has 0 amide bonds. The molecule has 0 aliphatic carbocycles. The van der Waals surface area contributed by atoms with Crippen LogP contribution in [0.4, 0.5) is 0 Å². The minimum Gasteiger partial charge on any atom is -0.497 e. The van der Waals surface area contributed by atoms with Crippen molar-refractivity contribution < 1.29 is 18.9 Å². The highest BCUT2D eigenvalue weighted by Gasteiger charge is 2.45. The van der Waals surface area contributed by atoms with Gasteiger partial charge >= 0.3 is 0 Å². The van der Waals surface area contributed by atoms with Crippen molar-refractivity contribution >= 4 is 0 Å². The van der Waals surface area contributed by atoms with Gasteiger partial charge in [-0.3, -0.25) is 0 Å². The number of hydrogen-bond donors (Lipinski definition) is 0. The molecule has 1 heterocycles. The molecule has 0 bridgehead atoms. The maximum atomic E-state index is 6.17. The zero-order valence-electron chi connectivity index (χ0n) is 13.9. The maximum Gasteiger partial charge on any atom is 0.165 e. The van der Waals surface area contributed by atoms with Crippen molar-refractivity contribution in [2.75, 3.05) is 14.2 Å². The van der Waals surface area contributed by atoms with E-state index in [1.54, 1.807) is 14.2 Å². The third-order valence-corrected chi connectivity index (χ3v) is 4.27. The van der Waals surface area contributed by atoms with E-state index in [1.807, 2.05) is 30.3 Å². The first-order valence-electron chi connectivity index (χ1n) is 7.56. The lowest BCUT2D eigenvalue weighted by Crippen LogP contribution is -2.51. The highest BCUT2D eigenvalue weighted by Crippen LogP contribution is 2.39. The standard InChI is InChI=1S/C18H26O4/c1-6-14-11-16(18(2,3)17(20-5)22-14)21-12-13-7-9-15(19-4)10-8-13/h6-10,14,16-17H,1,11-12H2,2-5H3/t14-,16+,17+/m1/s1. The predicted molar refractivity (Wildman–Crippen MR) is 85.8 cm³/mol. The van der Waals surface area contributed by atoms with E-state index in [0.717, 1.165) is 17.7 Å². The largest absolute Gasteiger partial charge is 0.497 e. The molecule has 2 rings (SSSR count). The number of rotatable bonds is 6. The Hall–Kier alpha value is -1.36. The monoisotopic (exact) mass is 306 g/mol. The molecule has 0 unspecified atom stereocenters. The third-order valence-electron chi connectivity index (χ3n) is 4.27. The quantitative estimate of drug-likeness (QED) is 0.753. The van der Waals surface area contributed by atoms with Gasteiger partial charge in [-0.1, -0.05) is 32.1 Å². The fraction of sp³-hybridized carbons (Fsp3) is 0.556. The second-order valence-electron chi connectivity index (χ2n) is 6.18. The van der Waals surface area contributed by atoms with Gasteiger partial charge in [-0.2, -0.15) is 0 Å². The fourth-order valence-electron chi connectivity index (χ4n) is 2.77. The highest BCUT2D eigenvalue weighted by atomic mass is 16.7. The molecular weight excluding hydrogens is 280 g/mol. The summed E-state index contributed by atoms with van der Waals surface area (Å²) < 4.78 is 22.7. The van der Waals surface area contributed by atoms with Crippen molar-refractivity contribution in [3.63, 3.8) is 0 Å². The molecule has 0 N–H and O–H groups in total. The van der Waals surface area contributed by atoms with Gasteiger partial charge in [0, 0.05) is 18.9 Å². The molecule has 0 saturated carbocycles. The van der Waals surface area contributed by atoms with Crippen LogP contribution in [0.3, 0.4) is 0 Å². The molecule has 0 spiro atoms. The predicted octanol–water partition coefficient (Wildman–Crippen LogP) is 3.55. The Morgan fingerprint density at radius 3 is 2.50 bits per heavy atom. The topological polar surface area (TPSA) is 36.9 Å². The van der Waals surface area contributed by atoms with Gasteiger partial charge < -0.3 is 18.9 Å². The lowest BCUT2D eigenvalue weighted by atomic mass is 9.80. The molecule has 4 heteroatoms. The molecule has 0 radical (unpaired) electrons. The second-order valence-corrected chi connectivity index (χ2v) is 6.18. The summed E-state index contributed by atoms with van der Waals surface area (Å²) in [4.78, 5) is 0. The van der Waals surface area contributed by atoms with Gasteiger partial charge in [-0.25, -0.2) is 0 Å². The first-order valence-corrected chi connectivity index (χ1v) is 7.56. The molecule has 122 valence electrons. The Kier molecular flexibility index (Phi) is 5.62. The number of ether oxygens (including phenoxy) is 4. The fourth-order valence-corrected chi connectivity index (χ4v) is 2.77. The third kappa shape index (κ3) is 3.69. The Morgan fingerprint density at radius 2 is 1.95 bits per heavy atom. The van der Waals surface area contributed by atoms with Crippen molar-refractivity contribution in [1.29, 1.82) is 0 Å². The molecule has 1 aromatic carbocycles. The Labute approximate surface area is 133 Å². The van der Waals surface area contributed by atoms with Crippen molar-refractivity contribution in [3.8, 4) is 5.75 Å². The average Bonchev–Trinajstić information content (AvgIpc) is 2.54. The molecule has 1 aliphatic heterocycles. The Morgan fingerprint density at radius 1 is 1.27 bits per heavy atom. The Bertz CT molecular complexity index is 480. The van der Waals surface area contributed by atoms with Gasteiger partial charge in [0.15, 0.2) is 6.29 Å². The molecule has 1 aromatic rings. The van der Waals surface area contributed by atoms with Gasteiger partial charge in [0.05, 0.1) is 25.9 Å². The summed E-state index contributed by atoms with van der Waals surface area (Å²) in [6, 6.07) is 7.92. The van der Waals surface area contributed by atoms with Crippen molar-refractivity contribution in [2.24, 2.45) is 5.41 Å². The summed E-state index contributed by atoms with van der Waals surface area (Å²) in [6.07, 6.45) is 2.29. The van der Waals surface area contributed by atoms with E-state index >= 15 is 0 Å². The van der Waals surface area contributed by atoms with Crippen molar-refractivity contribution in [3.05, 3.63) is 42.5 Å². The summed E-state index contributed by atoms with van der Waals surface area (Å²) in [5, 5.41) is 0. The van der Waals surface area contributed by atoms with E-state index in [2.05, 4.69) is 20.4 Å². The van der Waals surface area contributed by atoms with Gasteiger partial charge in [-0.15, -0.1) is 6.58 Å². The van der Waals surface area contributed by atoms with Crippen LogP contribution < -0.4 is 4.74 Å². The van der Waals surface area contributed by atoms with E-state index in [1.165, 1.54) is 0 Å². The second kappa shape index (κ2) is 7.27. The SMILES string of the molecule is C=C[C@@H]1C[C@H](OCc2ccc(OC)cc2)C(C)(C)[C@@H](OC)O1. The lowest BCUT2D eigenvalue weighted by Gasteiger charge is -2.46. The van der Waals surface area contributed by atoms with Crippen molar-refractivity contribution in [2.45, 2.75) is 45.4 Å². The minimum absolute atomic E-state index is 0.0382. The molecule has 0 aromatic heterocycles. The number of methoxy groups -OCH3 is 2. The molecule has 1 aliphatic rings. The van der Waals surface area contributed by atoms with E-state index in [-0.39, 0.29) is 23.9 Å². The normalized spacial score (nSPS) is 27.4. The molecule has 1 fully saturated rings. The zero-order chi connectivity index (χ0) is 16.2. The van der Waals surface area contributed by atoms with Crippen molar-refractivity contribution in [1.82, 2.24) is 0 Å². The number of hydrogen-bond acceptors (Lipinski definition) is 4. The van der Waals surface area contributed by atoms with Crippen LogP contribution in [0, 0.1) is 5.41 Å². The molecule has 3 atom stereocenters. The molecule has 1 saturated heterocycles. The van der Waals surface area contributed by atoms with Crippen LogP contribution in [0.1, 0.15) is 25.8 Å². The lowest BCUT2D eigenvalue weighted by molar-refractivity contribution is -0.268. The van der Waals surface area contributed by atoms with Gasteiger partial charge in [-0.05, 0) is 17.7 Å². The summed E-state index contributed by atoms with van der Waals surface area (Å²) in [5.74, 6) is 0.848. The van der Waals surface area contributed by atoms with Crippen LogP contribution in [0.25, 0.3) is 0 Å². The molecule has 4 nitrogen and oxygen atoms in total. The van der Waals surface area contributed by atoms with Gasteiger partial charge in [0.1, 0.15) is 5.75 Å². The highest BCUT2D eigenvalue weighted by molar-refractivity contribution is 5.26. The van der Waals surface area contributed by atoms with Crippen LogP contribution in [0.2, 0.25) is 0 Å². The van der Waals surface area contributed by atoms with Crippen LogP contribution in [-0.4, -0.2) is 32.7 Å². The average molecular weight is 306 g/mol. The zero-order valence-corrected chi connectivity index (χ0v) is 13.9. The maximum absolute atomic E-state index is 6.17. The van der Waals surface area contributed by atoms with Gasteiger partial charge in [0.2, 0.25) is 0 Å². The smallest absolute Gasteiger partial charge is 0.165 e. The summed E-state index contributed by atoms with van der Waals surface area (Å²) >= 11 is 0. The first kappa shape index (κ1) is 17.0. The molecule has 22 heavy (non-hydrogen) atoms. The summed E-state index contributed by atoms with van der Waals surface area (Å²) in [7, 11) is 3.33. The minimum atomic E-state index is -0.301.